The van der Waals surface area contributed by atoms with Gasteiger partial charge in [-0.1, -0.05) is 45.7 Å². The number of hydrogen-bond donors (Lipinski definition) is 2. The Balaban J connectivity index is 1.82. The number of para-hydroxylation sites is 1. The van der Waals surface area contributed by atoms with Crippen molar-refractivity contribution >= 4 is 44.1 Å². The van der Waals surface area contributed by atoms with Crippen molar-refractivity contribution in [1.29, 1.82) is 0 Å². The van der Waals surface area contributed by atoms with E-state index in [9.17, 15) is 0 Å². The van der Waals surface area contributed by atoms with Crippen LogP contribution in [0.15, 0.2) is 53.0 Å². The predicted molar refractivity (Wildman–Crippen MR) is 84.8 cm³/mol. The molecule has 0 unspecified atom stereocenters. The molecule has 0 atom stereocenters. The number of halogens is 2. The van der Waals surface area contributed by atoms with E-state index in [0.717, 1.165) is 31.8 Å². The maximum atomic E-state index is 6.37. The first-order valence-electron chi connectivity index (χ1n) is 5.98. The minimum Gasteiger partial charge on any atom is -0.379 e. The molecule has 1 heterocycles. The van der Waals surface area contributed by atoms with Gasteiger partial charge in [0.05, 0.1) is 17.3 Å². The summed E-state index contributed by atoms with van der Waals surface area (Å²) in [5, 5.41) is 5.21. The van der Waals surface area contributed by atoms with Crippen LogP contribution in [0.25, 0.3) is 10.9 Å². The molecule has 0 bridgehead atoms. The van der Waals surface area contributed by atoms with Crippen LogP contribution in [0.4, 0.5) is 5.69 Å². The Labute approximate surface area is 124 Å². The molecule has 0 saturated carbocycles. The number of hydrogen-bond acceptors (Lipinski definition) is 1. The Morgan fingerprint density at radius 3 is 2.53 bits per heavy atom. The van der Waals surface area contributed by atoms with Gasteiger partial charge in [0.25, 0.3) is 0 Å². The van der Waals surface area contributed by atoms with Crippen LogP contribution < -0.4 is 5.32 Å². The molecule has 19 heavy (non-hydrogen) atoms. The molecule has 1 aromatic heterocycles. The summed E-state index contributed by atoms with van der Waals surface area (Å²) in [5.74, 6) is 0. The highest BCUT2D eigenvalue weighted by Gasteiger charge is 2.08. The lowest BCUT2D eigenvalue weighted by atomic mass is 10.2. The number of benzene rings is 2. The summed E-state index contributed by atoms with van der Waals surface area (Å²) < 4.78 is 1.07. The van der Waals surface area contributed by atoms with Crippen LogP contribution >= 0.6 is 27.5 Å². The quantitative estimate of drug-likeness (QED) is 0.677. The van der Waals surface area contributed by atoms with Crippen LogP contribution in [0, 0.1) is 0 Å². The van der Waals surface area contributed by atoms with E-state index >= 15 is 0 Å². The molecule has 0 aliphatic heterocycles. The number of H-pyrrole nitrogens is 1. The highest BCUT2D eigenvalue weighted by molar-refractivity contribution is 9.10. The van der Waals surface area contributed by atoms with E-state index in [1.54, 1.807) is 0 Å². The van der Waals surface area contributed by atoms with Gasteiger partial charge in [-0.25, -0.2) is 0 Å². The SMILES string of the molecule is Clc1c(CNc2ccc(Br)cc2)[nH]c2ccccc12. The van der Waals surface area contributed by atoms with Crippen LogP contribution in [0.1, 0.15) is 5.69 Å². The fourth-order valence-electron chi connectivity index (χ4n) is 2.04. The third kappa shape index (κ3) is 2.62. The van der Waals surface area contributed by atoms with Gasteiger partial charge in [0.15, 0.2) is 0 Å². The molecule has 96 valence electrons. The minimum absolute atomic E-state index is 0.676. The summed E-state index contributed by atoms with van der Waals surface area (Å²) in [6.07, 6.45) is 0. The smallest absolute Gasteiger partial charge is 0.0710 e. The third-order valence-corrected chi connectivity index (χ3v) is 3.99. The van der Waals surface area contributed by atoms with Crippen LogP contribution in [0.3, 0.4) is 0 Å². The average Bonchev–Trinajstić information content (AvgIpc) is 2.76. The number of rotatable bonds is 3. The summed E-state index contributed by atoms with van der Waals surface area (Å²) in [6, 6.07) is 16.1. The number of anilines is 1. The van der Waals surface area contributed by atoms with Crippen molar-refractivity contribution in [2.75, 3.05) is 5.32 Å². The van der Waals surface area contributed by atoms with Gasteiger partial charge in [-0.2, -0.15) is 0 Å². The molecule has 0 saturated heterocycles. The summed E-state index contributed by atoms with van der Waals surface area (Å²) in [5.41, 5.74) is 3.14. The monoisotopic (exact) mass is 334 g/mol. The van der Waals surface area contributed by atoms with E-state index in [1.807, 2.05) is 48.5 Å². The Hall–Kier alpha value is -1.45. The summed E-state index contributed by atoms with van der Waals surface area (Å²) >= 11 is 9.79. The Kier molecular flexibility index (Phi) is 3.49. The molecule has 2 nitrogen and oxygen atoms in total. The molecule has 0 fully saturated rings. The summed E-state index contributed by atoms with van der Waals surface area (Å²) in [7, 11) is 0. The zero-order valence-corrected chi connectivity index (χ0v) is 12.4. The second-order valence-corrected chi connectivity index (χ2v) is 5.62. The van der Waals surface area contributed by atoms with Crippen LogP contribution in [-0.4, -0.2) is 4.98 Å². The van der Waals surface area contributed by atoms with E-state index < -0.39 is 0 Å². The maximum Gasteiger partial charge on any atom is 0.0710 e. The van der Waals surface area contributed by atoms with Gasteiger partial charge in [-0.3, -0.25) is 0 Å². The molecule has 0 aliphatic rings. The molecule has 0 radical (unpaired) electrons. The second kappa shape index (κ2) is 5.27. The molecular formula is C15H12BrClN2. The lowest BCUT2D eigenvalue weighted by molar-refractivity contribution is 1.09. The zero-order valence-electron chi connectivity index (χ0n) is 10.1. The Morgan fingerprint density at radius 2 is 1.79 bits per heavy atom. The lowest BCUT2D eigenvalue weighted by Gasteiger charge is -2.05. The average molecular weight is 336 g/mol. The van der Waals surface area contributed by atoms with Gasteiger partial charge in [0, 0.05) is 21.1 Å². The first-order valence-corrected chi connectivity index (χ1v) is 7.15. The fraction of sp³-hybridized carbons (Fsp3) is 0.0667. The van der Waals surface area contributed by atoms with E-state index in [-0.39, 0.29) is 0 Å². The van der Waals surface area contributed by atoms with Crippen LogP contribution in [0.5, 0.6) is 0 Å². The lowest BCUT2D eigenvalue weighted by Crippen LogP contribution is -1.99. The second-order valence-electron chi connectivity index (χ2n) is 4.32. The Bertz CT molecular complexity index is 704. The van der Waals surface area contributed by atoms with Crippen molar-refractivity contribution in [1.82, 2.24) is 4.98 Å². The Morgan fingerprint density at radius 1 is 1.05 bits per heavy atom. The molecule has 3 rings (SSSR count). The van der Waals surface area contributed by atoms with E-state index in [2.05, 4.69) is 26.2 Å². The number of fused-ring (bicyclic) bond motifs is 1. The number of nitrogens with one attached hydrogen (secondary N) is 2. The fourth-order valence-corrected chi connectivity index (χ4v) is 2.59. The first-order chi connectivity index (χ1) is 9.24. The van der Waals surface area contributed by atoms with E-state index in [4.69, 9.17) is 11.6 Å². The molecule has 2 N–H and O–H groups in total. The van der Waals surface area contributed by atoms with E-state index in [1.165, 1.54) is 0 Å². The van der Waals surface area contributed by atoms with Crippen molar-refractivity contribution in [3.8, 4) is 0 Å². The standard InChI is InChI=1S/C15H12BrClN2/c16-10-5-7-11(8-6-10)18-9-14-15(17)12-3-1-2-4-13(12)19-14/h1-8,18-19H,9H2. The summed E-state index contributed by atoms with van der Waals surface area (Å²) in [4.78, 5) is 3.34. The van der Waals surface area contributed by atoms with Crippen molar-refractivity contribution in [2.45, 2.75) is 6.54 Å². The van der Waals surface area contributed by atoms with Gasteiger partial charge in [-0.05, 0) is 30.3 Å². The van der Waals surface area contributed by atoms with Crippen molar-refractivity contribution < 1.29 is 0 Å². The van der Waals surface area contributed by atoms with E-state index in [0.29, 0.717) is 6.54 Å². The molecule has 2 aromatic carbocycles. The van der Waals surface area contributed by atoms with Gasteiger partial charge in [-0.15, -0.1) is 0 Å². The topological polar surface area (TPSA) is 27.8 Å². The summed E-state index contributed by atoms with van der Waals surface area (Å²) in [6.45, 7) is 0.676. The molecule has 0 amide bonds. The van der Waals surface area contributed by atoms with Gasteiger partial charge < -0.3 is 10.3 Å². The van der Waals surface area contributed by atoms with Crippen molar-refractivity contribution in [2.24, 2.45) is 0 Å². The predicted octanol–water partition coefficient (Wildman–Crippen LogP) is 5.20. The number of aromatic nitrogens is 1. The largest absolute Gasteiger partial charge is 0.379 e. The van der Waals surface area contributed by atoms with Gasteiger partial charge in [0.2, 0.25) is 0 Å². The highest BCUT2D eigenvalue weighted by atomic mass is 79.9. The maximum absolute atomic E-state index is 6.37. The molecule has 3 aromatic rings. The molecule has 0 aliphatic carbocycles. The number of aromatic amines is 1. The highest BCUT2D eigenvalue weighted by Crippen LogP contribution is 2.27. The molecule has 0 spiro atoms. The van der Waals surface area contributed by atoms with Crippen molar-refractivity contribution in [3.63, 3.8) is 0 Å². The molecular weight excluding hydrogens is 324 g/mol. The normalized spacial score (nSPS) is 10.8. The first kappa shape index (κ1) is 12.6. The minimum atomic E-state index is 0.676. The molecule has 4 heteroatoms. The van der Waals surface area contributed by atoms with Crippen LogP contribution in [-0.2, 0) is 6.54 Å². The zero-order chi connectivity index (χ0) is 13.2. The third-order valence-electron chi connectivity index (χ3n) is 3.03. The van der Waals surface area contributed by atoms with Crippen molar-refractivity contribution in [3.05, 3.63) is 63.7 Å². The van der Waals surface area contributed by atoms with Gasteiger partial charge >= 0.3 is 0 Å². The van der Waals surface area contributed by atoms with Gasteiger partial charge in [0.1, 0.15) is 0 Å². The van der Waals surface area contributed by atoms with Crippen LogP contribution in [0.2, 0.25) is 5.02 Å².